The van der Waals surface area contributed by atoms with Crippen LogP contribution in [-0.2, 0) is 4.79 Å². The molecular formula is C22H21N3O4. The number of ether oxygens (including phenoxy) is 2. The number of carbonyl (C=O) groups is 1. The molecule has 1 fully saturated rings. The van der Waals surface area contributed by atoms with Gasteiger partial charge in [-0.2, -0.15) is 4.98 Å². The highest BCUT2D eigenvalue weighted by atomic mass is 16.7. The summed E-state index contributed by atoms with van der Waals surface area (Å²) >= 11 is 0. The van der Waals surface area contributed by atoms with Crippen LogP contribution in [0.2, 0.25) is 0 Å². The van der Waals surface area contributed by atoms with Crippen LogP contribution in [-0.4, -0.2) is 29.4 Å². The second-order valence-corrected chi connectivity index (χ2v) is 7.68. The van der Waals surface area contributed by atoms with Crippen molar-refractivity contribution >= 4 is 11.6 Å². The van der Waals surface area contributed by atoms with Gasteiger partial charge in [0.15, 0.2) is 17.3 Å². The summed E-state index contributed by atoms with van der Waals surface area (Å²) in [4.78, 5) is 19.2. The van der Waals surface area contributed by atoms with Crippen molar-refractivity contribution in [2.75, 3.05) is 18.2 Å². The first kappa shape index (κ1) is 17.7. The number of amides is 1. The van der Waals surface area contributed by atoms with Crippen LogP contribution < -0.4 is 14.4 Å². The molecule has 1 atom stereocenters. The summed E-state index contributed by atoms with van der Waals surface area (Å²) in [6.07, 6.45) is 0.368. The van der Waals surface area contributed by atoms with Crippen molar-refractivity contribution in [3.63, 3.8) is 0 Å². The summed E-state index contributed by atoms with van der Waals surface area (Å²) in [5, 5.41) is 4.15. The van der Waals surface area contributed by atoms with Crippen LogP contribution in [0.5, 0.6) is 11.5 Å². The Labute approximate surface area is 168 Å². The van der Waals surface area contributed by atoms with E-state index >= 15 is 0 Å². The van der Waals surface area contributed by atoms with Gasteiger partial charge in [0.2, 0.25) is 12.7 Å². The number of rotatable bonds is 3. The summed E-state index contributed by atoms with van der Waals surface area (Å²) < 4.78 is 16.2. The van der Waals surface area contributed by atoms with Crippen LogP contribution in [0.15, 0.2) is 34.9 Å². The molecule has 2 aliphatic rings. The fourth-order valence-electron chi connectivity index (χ4n) is 4.24. The van der Waals surface area contributed by atoms with Crippen LogP contribution in [0.1, 0.15) is 34.9 Å². The highest BCUT2D eigenvalue weighted by molar-refractivity contribution is 5.97. The lowest BCUT2D eigenvalue weighted by molar-refractivity contribution is -0.117. The van der Waals surface area contributed by atoms with Gasteiger partial charge >= 0.3 is 0 Å². The summed E-state index contributed by atoms with van der Waals surface area (Å²) in [6, 6.07) is 9.72. The third kappa shape index (κ3) is 3.03. The molecule has 7 nitrogen and oxygen atoms in total. The number of hydrogen-bond donors (Lipinski definition) is 0. The molecule has 5 rings (SSSR count). The number of hydrogen-bond acceptors (Lipinski definition) is 6. The number of nitrogens with zero attached hydrogens (tertiary/aromatic N) is 3. The van der Waals surface area contributed by atoms with Gasteiger partial charge in [0.05, 0.1) is 0 Å². The zero-order chi connectivity index (χ0) is 20.1. The van der Waals surface area contributed by atoms with Gasteiger partial charge in [0, 0.05) is 30.1 Å². The lowest BCUT2D eigenvalue weighted by Gasteiger charge is -2.22. The largest absolute Gasteiger partial charge is 0.454 e. The smallest absolute Gasteiger partial charge is 0.258 e. The molecule has 1 aromatic heterocycles. The molecule has 148 valence electrons. The SMILES string of the molecule is Cc1cc(C)c(N2CC(c3noc(-c4ccc5c(c4)OCO5)n3)CC2=O)c(C)c1. The fourth-order valence-corrected chi connectivity index (χ4v) is 4.24. The molecule has 3 heterocycles. The van der Waals surface area contributed by atoms with Crippen LogP contribution in [0.4, 0.5) is 5.69 Å². The Hall–Kier alpha value is -3.35. The zero-order valence-electron chi connectivity index (χ0n) is 16.6. The molecule has 0 N–H and O–H groups in total. The Morgan fingerprint density at radius 2 is 1.79 bits per heavy atom. The van der Waals surface area contributed by atoms with E-state index in [1.54, 1.807) is 0 Å². The summed E-state index contributed by atoms with van der Waals surface area (Å²) in [5.74, 6) is 2.31. The van der Waals surface area contributed by atoms with Gasteiger partial charge in [-0.15, -0.1) is 0 Å². The second-order valence-electron chi connectivity index (χ2n) is 7.68. The van der Waals surface area contributed by atoms with Gasteiger partial charge < -0.3 is 18.9 Å². The van der Waals surface area contributed by atoms with Gasteiger partial charge in [-0.3, -0.25) is 4.79 Å². The molecule has 29 heavy (non-hydrogen) atoms. The van der Waals surface area contributed by atoms with Crippen molar-refractivity contribution in [2.24, 2.45) is 0 Å². The van der Waals surface area contributed by atoms with E-state index in [2.05, 4.69) is 29.2 Å². The first-order valence-electron chi connectivity index (χ1n) is 9.61. The third-order valence-electron chi connectivity index (χ3n) is 5.46. The summed E-state index contributed by atoms with van der Waals surface area (Å²) in [7, 11) is 0. The Morgan fingerprint density at radius 3 is 2.59 bits per heavy atom. The molecule has 1 amide bonds. The van der Waals surface area contributed by atoms with E-state index in [1.807, 2.05) is 36.9 Å². The van der Waals surface area contributed by atoms with E-state index in [1.165, 1.54) is 5.56 Å². The highest BCUT2D eigenvalue weighted by Gasteiger charge is 2.36. The molecule has 7 heteroatoms. The van der Waals surface area contributed by atoms with E-state index < -0.39 is 0 Å². The maximum absolute atomic E-state index is 12.8. The van der Waals surface area contributed by atoms with E-state index in [9.17, 15) is 4.79 Å². The minimum absolute atomic E-state index is 0.0829. The predicted octanol–water partition coefficient (Wildman–Crippen LogP) is 3.91. The third-order valence-corrected chi connectivity index (χ3v) is 5.46. The average molecular weight is 391 g/mol. The normalized spacial score (nSPS) is 18.0. The summed E-state index contributed by atoms with van der Waals surface area (Å²) in [5.41, 5.74) is 5.15. The molecule has 0 radical (unpaired) electrons. The number of aromatic nitrogens is 2. The fraction of sp³-hybridized carbons (Fsp3) is 0.318. The molecule has 2 aliphatic heterocycles. The molecule has 0 spiro atoms. The zero-order valence-corrected chi connectivity index (χ0v) is 16.6. The Balaban J connectivity index is 1.40. The molecule has 1 unspecified atom stereocenters. The number of anilines is 1. The molecule has 0 aliphatic carbocycles. The maximum Gasteiger partial charge on any atom is 0.258 e. The molecule has 2 aromatic carbocycles. The maximum atomic E-state index is 12.8. The van der Waals surface area contributed by atoms with Crippen molar-refractivity contribution in [3.8, 4) is 23.0 Å². The van der Waals surface area contributed by atoms with Crippen molar-refractivity contribution < 1.29 is 18.8 Å². The quantitative estimate of drug-likeness (QED) is 0.674. The average Bonchev–Trinajstić information content (AvgIpc) is 3.40. The standard InChI is InChI=1S/C22H21N3O4/c1-12-6-13(2)20(14(3)7-12)25-10-16(9-19(25)26)21-23-22(29-24-21)15-4-5-17-18(8-15)28-11-27-17/h4-8,16H,9-11H2,1-3H3. The minimum atomic E-state index is -0.103. The summed E-state index contributed by atoms with van der Waals surface area (Å²) in [6.45, 7) is 6.91. The lowest BCUT2D eigenvalue weighted by atomic mass is 10.0. The van der Waals surface area contributed by atoms with Gasteiger partial charge in [-0.1, -0.05) is 22.9 Å². The van der Waals surface area contributed by atoms with E-state index in [-0.39, 0.29) is 18.6 Å². The van der Waals surface area contributed by atoms with Crippen molar-refractivity contribution in [3.05, 3.63) is 52.8 Å². The van der Waals surface area contributed by atoms with Crippen molar-refractivity contribution in [1.82, 2.24) is 10.1 Å². The molecule has 3 aromatic rings. The van der Waals surface area contributed by atoms with Gasteiger partial charge in [-0.05, 0) is 50.1 Å². The van der Waals surface area contributed by atoms with Crippen molar-refractivity contribution in [1.29, 1.82) is 0 Å². The van der Waals surface area contributed by atoms with Crippen molar-refractivity contribution in [2.45, 2.75) is 33.1 Å². The van der Waals surface area contributed by atoms with Gasteiger partial charge in [-0.25, -0.2) is 0 Å². The first-order chi connectivity index (χ1) is 14.0. The number of aryl methyl sites for hydroxylation is 3. The van der Waals surface area contributed by atoms with Gasteiger partial charge in [0.1, 0.15) is 0 Å². The first-order valence-corrected chi connectivity index (χ1v) is 9.61. The van der Waals surface area contributed by atoms with E-state index in [0.29, 0.717) is 36.2 Å². The highest BCUT2D eigenvalue weighted by Crippen LogP contribution is 2.37. The molecular weight excluding hydrogens is 370 g/mol. The van der Waals surface area contributed by atoms with E-state index in [4.69, 9.17) is 14.0 Å². The monoisotopic (exact) mass is 391 g/mol. The van der Waals surface area contributed by atoms with Crippen LogP contribution in [0, 0.1) is 20.8 Å². The second kappa shape index (κ2) is 6.62. The number of benzene rings is 2. The molecule has 0 saturated carbocycles. The minimum Gasteiger partial charge on any atom is -0.454 e. The predicted molar refractivity (Wildman–Crippen MR) is 106 cm³/mol. The number of fused-ring (bicyclic) bond motifs is 1. The lowest BCUT2D eigenvalue weighted by Crippen LogP contribution is -2.26. The van der Waals surface area contributed by atoms with Gasteiger partial charge in [0.25, 0.3) is 5.89 Å². The molecule has 1 saturated heterocycles. The number of carbonyl (C=O) groups excluding carboxylic acids is 1. The van der Waals surface area contributed by atoms with Crippen LogP contribution >= 0.6 is 0 Å². The Bertz CT molecular complexity index is 1100. The molecule has 0 bridgehead atoms. The van der Waals surface area contributed by atoms with Crippen LogP contribution in [0.25, 0.3) is 11.5 Å². The van der Waals surface area contributed by atoms with Crippen LogP contribution in [0.3, 0.4) is 0 Å². The Kier molecular flexibility index (Phi) is 4.04. The Morgan fingerprint density at radius 1 is 1.03 bits per heavy atom. The topological polar surface area (TPSA) is 77.7 Å². The van der Waals surface area contributed by atoms with E-state index in [0.717, 1.165) is 22.4 Å².